The number of amides is 1. The fourth-order valence-electron chi connectivity index (χ4n) is 3.69. The minimum Gasteiger partial charge on any atom is -0.359 e. The van der Waals surface area contributed by atoms with Crippen molar-refractivity contribution < 1.29 is 4.79 Å². The van der Waals surface area contributed by atoms with Crippen molar-refractivity contribution in [1.82, 2.24) is 9.99 Å². The van der Waals surface area contributed by atoms with Crippen LogP contribution in [0.2, 0.25) is 10.2 Å². The van der Waals surface area contributed by atoms with Crippen LogP contribution < -0.4 is 10.7 Å². The maximum Gasteiger partial charge on any atom is 0.276 e. The standard InChI is InChI=1S/C24H18Cl2N4O/c1-14-6-9-17(10-7-14)29-30-23(28-21-5-3-2-4-18(21)24(30)31)19-13-15-12-16(25)8-11-20(15)27-22(19)26/h2-13,23,28-29H,1H3. The van der Waals surface area contributed by atoms with Crippen LogP contribution in [-0.4, -0.2) is 15.9 Å². The van der Waals surface area contributed by atoms with E-state index in [1.54, 1.807) is 17.1 Å². The Morgan fingerprint density at radius 2 is 1.77 bits per heavy atom. The highest BCUT2D eigenvalue weighted by molar-refractivity contribution is 6.32. The average Bonchev–Trinajstić information content (AvgIpc) is 2.77. The van der Waals surface area contributed by atoms with Crippen molar-refractivity contribution in [1.29, 1.82) is 0 Å². The van der Waals surface area contributed by atoms with Crippen molar-refractivity contribution in [3.8, 4) is 0 Å². The van der Waals surface area contributed by atoms with E-state index in [1.807, 2.05) is 67.6 Å². The molecule has 1 unspecified atom stereocenters. The first-order valence-corrected chi connectivity index (χ1v) is 10.5. The molecule has 2 heterocycles. The molecule has 1 aliphatic heterocycles. The second-order valence-electron chi connectivity index (χ2n) is 7.45. The van der Waals surface area contributed by atoms with Crippen LogP contribution in [0.15, 0.2) is 72.8 Å². The van der Waals surface area contributed by atoms with E-state index < -0.39 is 6.17 Å². The molecule has 0 saturated heterocycles. The van der Waals surface area contributed by atoms with Crippen molar-refractivity contribution >= 4 is 51.4 Å². The lowest BCUT2D eigenvalue weighted by atomic mass is 10.0. The maximum atomic E-state index is 13.4. The fourth-order valence-corrected chi connectivity index (χ4v) is 4.12. The minimum absolute atomic E-state index is 0.165. The lowest BCUT2D eigenvalue weighted by molar-refractivity contribution is 0.0733. The van der Waals surface area contributed by atoms with E-state index in [2.05, 4.69) is 15.7 Å². The molecule has 154 valence electrons. The van der Waals surface area contributed by atoms with Gasteiger partial charge in [0.1, 0.15) is 5.15 Å². The molecule has 0 aliphatic carbocycles. The number of hydrogen-bond acceptors (Lipinski definition) is 4. The molecule has 0 radical (unpaired) electrons. The summed E-state index contributed by atoms with van der Waals surface area (Å²) in [7, 11) is 0. The summed E-state index contributed by atoms with van der Waals surface area (Å²) in [6, 6.07) is 22.6. The molecule has 1 atom stereocenters. The summed E-state index contributed by atoms with van der Waals surface area (Å²) in [6.45, 7) is 2.02. The number of anilines is 2. The van der Waals surface area contributed by atoms with Crippen molar-refractivity contribution in [3.63, 3.8) is 0 Å². The van der Waals surface area contributed by atoms with Gasteiger partial charge >= 0.3 is 0 Å². The van der Waals surface area contributed by atoms with E-state index in [1.165, 1.54) is 0 Å². The molecule has 1 amide bonds. The van der Waals surface area contributed by atoms with Gasteiger partial charge in [0.25, 0.3) is 5.91 Å². The lowest BCUT2D eigenvalue weighted by Gasteiger charge is -2.38. The van der Waals surface area contributed by atoms with Gasteiger partial charge in [0.2, 0.25) is 0 Å². The number of carbonyl (C=O) groups excluding carboxylic acids is 1. The number of pyridine rings is 1. The third kappa shape index (κ3) is 3.67. The van der Waals surface area contributed by atoms with Crippen molar-refractivity contribution in [3.05, 3.63) is 99.7 Å². The van der Waals surface area contributed by atoms with Crippen LogP contribution in [0.4, 0.5) is 11.4 Å². The number of aromatic nitrogens is 1. The molecular formula is C24H18Cl2N4O. The molecule has 1 aromatic heterocycles. The number of fused-ring (bicyclic) bond motifs is 2. The SMILES string of the molecule is Cc1ccc(NN2C(=O)c3ccccc3NC2c2cc3cc(Cl)ccc3nc2Cl)cc1. The van der Waals surface area contributed by atoms with Crippen LogP contribution in [0, 0.1) is 6.92 Å². The van der Waals surface area contributed by atoms with Gasteiger partial charge in [-0.15, -0.1) is 0 Å². The van der Waals surface area contributed by atoms with Gasteiger partial charge < -0.3 is 5.32 Å². The number of nitrogens with one attached hydrogen (secondary N) is 2. The molecule has 0 bridgehead atoms. The smallest absolute Gasteiger partial charge is 0.276 e. The molecule has 5 rings (SSSR count). The molecule has 0 saturated carbocycles. The number of benzene rings is 3. The van der Waals surface area contributed by atoms with Crippen LogP contribution in [0.25, 0.3) is 10.9 Å². The lowest BCUT2D eigenvalue weighted by Crippen LogP contribution is -2.46. The summed E-state index contributed by atoms with van der Waals surface area (Å²) in [6.07, 6.45) is -0.577. The van der Waals surface area contributed by atoms with Gasteiger partial charge in [-0.2, -0.15) is 0 Å². The van der Waals surface area contributed by atoms with E-state index in [4.69, 9.17) is 23.2 Å². The Hall–Kier alpha value is -3.28. The Morgan fingerprint density at radius 1 is 1.00 bits per heavy atom. The fraction of sp³-hybridized carbons (Fsp3) is 0.0833. The van der Waals surface area contributed by atoms with E-state index in [0.29, 0.717) is 21.3 Å². The Bertz CT molecular complexity index is 1310. The molecular weight excluding hydrogens is 431 g/mol. The summed E-state index contributed by atoms with van der Waals surface area (Å²) in [5.74, 6) is -0.165. The summed E-state index contributed by atoms with van der Waals surface area (Å²) in [4.78, 5) is 18.0. The zero-order chi connectivity index (χ0) is 21.5. The van der Waals surface area contributed by atoms with E-state index in [-0.39, 0.29) is 5.91 Å². The highest BCUT2D eigenvalue weighted by Gasteiger charge is 2.35. The van der Waals surface area contributed by atoms with Gasteiger partial charge in [0, 0.05) is 21.7 Å². The highest BCUT2D eigenvalue weighted by atomic mass is 35.5. The molecule has 1 aliphatic rings. The van der Waals surface area contributed by atoms with E-state index >= 15 is 0 Å². The van der Waals surface area contributed by atoms with E-state index in [9.17, 15) is 4.79 Å². The van der Waals surface area contributed by atoms with Gasteiger partial charge in [-0.3, -0.25) is 10.2 Å². The van der Waals surface area contributed by atoms with Crippen LogP contribution in [0.5, 0.6) is 0 Å². The average molecular weight is 449 g/mol. The predicted octanol–water partition coefficient (Wildman–Crippen LogP) is 6.44. The van der Waals surface area contributed by atoms with Gasteiger partial charge in [-0.25, -0.2) is 9.99 Å². The summed E-state index contributed by atoms with van der Waals surface area (Å²) in [5, 5.41) is 6.74. The zero-order valence-corrected chi connectivity index (χ0v) is 18.1. The Labute approximate surface area is 189 Å². The van der Waals surface area contributed by atoms with Crippen LogP contribution >= 0.6 is 23.2 Å². The molecule has 3 aromatic carbocycles. The largest absolute Gasteiger partial charge is 0.359 e. The molecule has 5 nitrogen and oxygen atoms in total. The van der Waals surface area contributed by atoms with Crippen LogP contribution in [0.3, 0.4) is 0 Å². The third-order valence-corrected chi connectivity index (χ3v) is 5.82. The van der Waals surface area contributed by atoms with Crippen LogP contribution in [-0.2, 0) is 0 Å². The molecule has 0 fully saturated rings. The molecule has 7 heteroatoms. The first kappa shape index (κ1) is 19.7. The number of halogens is 2. The maximum absolute atomic E-state index is 13.4. The second-order valence-corrected chi connectivity index (χ2v) is 8.25. The number of hydrogen-bond donors (Lipinski definition) is 2. The first-order valence-electron chi connectivity index (χ1n) is 9.78. The van der Waals surface area contributed by atoms with Crippen molar-refractivity contribution in [2.45, 2.75) is 13.1 Å². The van der Waals surface area contributed by atoms with Crippen molar-refractivity contribution in [2.75, 3.05) is 10.7 Å². The minimum atomic E-state index is -0.577. The normalized spacial score (nSPS) is 15.5. The molecule has 0 spiro atoms. The Kier molecular flexibility index (Phi) is 4.93. The summed E-state index contributed by atoms with van der Waals surface area (Å²) < 4.78 is 0. The Morgan fingerprint density at radius 3 is 2.58 bits per heavy atom. The topological polar surface area (TPSA) is 57.3 Å². The summed E-state index contributed by atoms with van der Waals surface area (Å²) >= 11 is 12.8. The van der Waals surface area contributed by atoms with Gasteiger partial charge in [-0.05, 0) is 55.5 Å². The second kappa shape index (κ2) is 7.76. The number of hydrazine groups is 1. The van der Waals surface area contributed by atoms with Crippen molar-refractivity contribution in [2.24, 2.45) is 0 Å². The number of aryl methyl sites for hydroxylation is 1. The molecule has 2 N–H and O–H groups in total. The quantitative estimate of drug-likeness (QED) is 0.353. The van der Waals surface area contributed by atoms with Crippen LogP contribution in [0.1, 0.15) is 27.7 Å². The number of carbonyl (C=O) groups is 1. The molecule has 4 aromatic rings. The van der Waals surface area contributed by atoms with Gasteiger partial charge in [0.05, 0.1) is 16.8 Å². The Balaban J connectivity index is 1.63. The predicted molar refractivity (Wildman–Crippen MR) is 126 cm³/mol. The van der Waals surface area contributed by atoms with E-state index in [0.717, 1.165) is 27.8 Å². The first-order chi connectivity index (χ1) is 15.0. The number of rotatable bonds is 3. The highest BCUT2D eigenvalue weighted by Crippen LogP contribution is 2.37. The monoisotopic (exact) mass is 448 g/mol. The molecule has 31 heavy (non-hydrogen) atoms. The number of para-hydroxylation sites is 1. The van der Waals surface area contributed by atoms with Gasteiger partial charge in [-0.1, -0.05) is 53.0 Å². The number of nitrogens with zero attached hydrogens (tertiary/aromatic N) is 2. The summed E-state index contributed by atoms with van der Waals surface area (Å²) in [5.41, 5.74) is 7.88. The zero-order valence-electron chi connectivity index (χ0n) is 16.6. The third-order valence-electron chi connectivity index (χ3n) is 5.28. The van der Waals surface area contributed by atoms with Gasteiger partial charge in [0.15, 0.2) is 6.17 Å².